The van der Waals surface area contributed by atoms with Crippen molar-refractivity contribution in [2.24, 2.45) is 0 Å². The molecule has 1 aliphatic heterocycles. The Kier molecular flexibility index (Phi) is 6.86. The van der Waals surface area contributed by atoms with Crippen molar-refractivity contribution in [3.05, 3.63) is 36.0 Å². The zero-order valence-electron chi connectivity index (χ0n) is 21.3. The first-order valence-corrected chi connectivity index (χ1v) is 14.4. The summed E-state index contributed by atoms with van der Waals surface area (Å²) >= 11 is 0. The van der Waals surface area contributed by atoms with Gasteiger partial charge in [0.15, 0.2) is 14.4 Å². The Morgan fingerprint density at radius 2 is 1.79 bits per heavy atom. The number of epoxide rings is 1. The van der Waals surface area contributed by atoms with Crippen molar-refractivity contribution in [3.8, 4) is 0 Å². The average molecular weight is 475 g/mol. The van der Waals surface area contributed by atoms with Gasteiger partial charge in [-0.15, -0.1) is 0 Å². The largest absolute Gasteiger partial charge is 0.467 e. The molecule has 8 heteroatoms. The van der Waals surface area contributed by atoms with Gasteiger partial charge in [-0.2, -0.15) is 0 Å². The van der Waals surface area contributed by atoms with Crippen LogP contribution in [-0.4, -0.2) is 50.6 Å². The number of ether oxygens (including phenoxy) is 2. The van der Waals surface area contributed by atoms with Crippen LogP contribution in [0.15, 0.2) is 30.5 Å². The van der Waals surface area contributed by atoms with Crippen LogP contribution in [0.2, 0.25) is 18.1 Å². The zero-order valence-corrected chi connectivity index (χ0v) is 22.3. The number of carbonyl (C=O) groups is 2. The second-order valence-corrected chi connectivity index (χ2v) is 15.7. The fourth-order valence-corrected chi connectivity index (χ4v) is 5.18. The highest BCUT2D eigenvalue weighted by Crippen LogP contribution is 2.43. The number of amides is 1. The number of hydrogen-bond acceptors (Lipinski definition) is 5. The summed E-state index contributed by atoms with van der Waals surface area (Å²) in [7, 11) is -1.02. The molecule has 3 atom stereocenters. The van der Waals surface area contributed by atoms with Gasteiger partial charge in [-0.05, 0) is 38.0 Å². The number of nitrogens with zero attached hydrogens (tertiary/aromatic N) is 1. The van der Waals surface area contributed by atoms with E-state index < -0.39 is 26.4 Å². The van der Waals surface area contributed by atoms with E-state index in [2.05, 4.69) is 69.9 Å². The minimum atomic E-state index is -2.35. The number of nitrogens with one attached hydrogen (secondary N) is 1. The summed E-state index contributed by atoms with van der Waals surface area (Å²) in [4.78, 5) is 25.0. The third-order valence-electron chi connectivity index (χ3n) is 7.14. The van der Waals surface area contributed by atoms with Gasteiger partial charge in [-0.1, -0.05) is 39.0 Å². The zero-order chi connectivity index (χ0) is 24.8. The topological polar surface area (TPSA) is 82.1 Å². The quantitative estimate of drug-likeness (QED) is 0.346. The molecule has 1 fully saturated rings. The van der Waals surface area contributed by atoms with Gasteiger partial charge in [0.2, 0.25) is 5.91 Å². The molecular formula is C25H38N2O5Si. The van der Waals surface area contributed by atoms with E-state index in [1.54, 1.807) is 0 Å². The van der Waals surface area contributed by atoms with Crippen LogP contribution in [0.25, 0.3) is 10.9 Å². The fraction of sp³-hybridized carbons (Fsp3) is 0.600. The van der Waals surface area contributed by atoms with E-state index in [1.807, 2.05) is 18.2 Å². The predicted molar refractivity (Wildman–Crippen MR) is 132 cm³/mol. The van der Waals surface area contributed by atoms with Gasteiger partial charge in [-0.25, -0.2) is 4.79 Å². The third-order valence-corrected chi connectivity index (χ3v) is 11.6. The van der Waals surface area contributed by atoms with Gasteiger partial charge in [0, 0.05) is 29.6 Å². The molecule has 0 radical (unpaired) electrons. The lowest BCUT2D eigenvalue weighted by Crippen LogP contribution is -2.51. The van der Waals surface area contributed by atoms with Crippen molar-refractivity contribution in [1.29, 1.82) is 0 Å². The van der Waals surface area contributed by atoms with Crippen LogP contribution in [0, 0.1) is 0 Å². The van der Waals surface area contributed by atoms with E-state index in [-0.39, 0.29) is 22.6 Å². The first-order valence-electron chi connectivity index (χ1n) is 11.5. The van der Waals surface area contributed by atoms with Crippen molar-refractivity contribution in [3.63, 3.8) is 0 Å². The highest BCUT2D eigenvalue weighted by Gasteiger charge is 2.46. The molecule has 0 bridgehead atoms. The van der Waals surface area contributed by atoms with Crippen molar-refractivity contribution in [1.82, 2.24) is 9.88 Å². The smallest absolute Gasteiger partial charge is 0.331 e. The number of aromatic nitrogens is 1. The maximum absolute atomic E-state index is 12.9. The van der Waals surface area contributed by atoms with E-state index in [1.165, 1.54) is 14.0 Å². The van der Waals surface area contributed by atoms with Gasteiger partial charge in [0.1, 0.15) is 12.2 Å². The van der Waals surface area contributed by atoms with Crippen LogP contribution < -0.4 is 5.32 Å². The first kappa shape index (κ1) is 25.5. The molecule has 1 aromatic carbocycles. The summed E-state index contributed by atoms with van der Waals surface area (Å²) in [6, 6.07) is 7.11. The molecule has 1 saturated heterocycles. The van der Waals surface area contributed by atoms with E-state index in [0.717, 1.165) is 23.1 Å². The minimum absolute atomic E-state index is 0.0956. The average Bonchev–Trinajstić information content (AvgIpc) is 3.50. The Bertz CT molecular complexity index is 1030. The predicted octanol–water partition coefficient (Wildman–Crippen LogP) is 4.52. The number of hydrogen-bond donors (Lipinski definition) is 1. The van der Waals surface area contributed by atoms with E-state index in [4.69, 9.17) is 13.9 Å². The van der Waals surface area contributed by atoms with Crippen LogP contribution in [-0.2, 0) is 29.0 Å². The Labute approximate surface area is 197 Å². The molecule has 0 saturated carbocycles. The van der Waals surface area contributed by atoms with Crippen molar-refractivity contribution in [2.75, 3.05) is 13.7 Å². The second kappa shape index (κ2) is 8.89. The maximum atomic E-state index is 12.9. The molecule has 0 aliphatic carbocycles. The highest BCUT2D eigenvalue weighted by atomic mass is 28.4. The third kappa shape index (κ3) is 5.02. The van der Waals surface area contributed by atoms with Gasteiger partial charge >= 0.3 is 5.97 Å². The Balaban J connectivity index is 2.24. The van der Waals surface area contributed by atoms with Gasteiger partial charge in [0.25, 0.3) is 0 Å². The Morgan fingerprint density at radius 3 is 2.30 bits per heavy atom. The fourth-order valence-electron chi connectivity index (χ4n) is 3.93. The molecule has 2 aromatic rings. The summed E-state index contributed by atoms with van der Waals surface area (Å²) in [5.74, 6) is -0.847. The lowest BCUT2D eigenvalue weighted by molar-refractivity contribution is -0.148. The van der Waals surface area contributed by atoms with Crippen molar-refractivity contribution < 1.29 is 23.5 Å². The molecule has 0 unspecified atom stereocenters. The number of benzene rings is 1. The molecule has 0 spiro atoms. The number of fused-ring (bicyclic) bond motifs is 1. The van der Waals surface area contributed by atoms with E-state index in [0.29, 0.717) is 0 Å². The van der Waals surface area contributed by atoms with Gasteiger partial charge < -0.3 is 23.8 Å². The van der Waals surface area contributed by atoms with E-state index in [9.17, 15) is 9.59 Å². The molecule has 33 heavy (non-hydrogen) atoms. The summed E-state index contributed by atoms with van der Waals surface area (Å²) in [5.41, 5.74) is 1.60. The molecule has 1 aromatic heterocycles. The standard InChI is InChI=1S/C25H38N2O5Si/c1-16(28)26-21(23(29)30-7)22(32-33(8,9)24(2,3)4)18-14-27(25(5,6)20-15-31-20)19-13-11-10-12-17(18)19/h10-14,20-22H,15H2,1-9H3,(H,26,28)/t20-,21-,22+/m0/s1. The van der Waals surface area contributed by atoms with Crippen LogP contribution in [0.3, 0.4) is 0 Å². The number of para-hydroxylation sites is 1. The van der Waals surface area contributed by atoms with Gasteiger partial charge in [0.05, 0.1) is 19.3 Å². The monoisotopic (exact) mass is 474 g/mol. The number of methoxy groups -OCH3 is 1. The Morgan fingerprint density at radius 1 is 1.18 bits per heavy atom. The lowest BCUT2D eigenvalue weighted by Gasteiger charge is -2.41. The molecule has 7 nitrogen and oxygen atoms in total. The van der Waals surface area contributed by atoms with Crippen LogP contribution in [0.5, 0.6) is 0 Å². The number of esters is 1. The molecule has 1 N–H and O–H groups in total. The normalized spacial score (nSPS) is 18.6. The minimum Gasteiger partial charge on any atom is -0.467 e. The second-order valence-electron chi connectivity index (χ2n) is 10.9. The number of carbonyl (C=O) groups excluding carboxylic acids is 2. The molecule has 2 heterocycles. The molecule has 182 valence electrons. The van der Waals surface area contributed by atoms with Crippen LogP contribution in [0.4, 0.5) is 0 Å². The molecule has 3 rings (SSSR count). The summed E-state index contributed by atoms with van der Waals surface area (Å²) < 4.78 is 19.8. The molecule has 1 amide bonds. The van der Waals surface area contributed by atoms with Crippen molar-refractivity contribution in [2.45, 2.75) is 83.5 Å². The van der Waals surface area contributed by atoms with Crippen LogP contribution in [0.1, 0.15) is 53.2 Å². The summed E-state index contributed by atoms with van der Waals surface area (Å²) in [5, 5.41) is 3.69. The van der Waals surface area contributed by atoms with Crippen molar-refractivity contribution >= 4 is 31.1 Å². The highest BCUT2D eigenvalue weighted by molar-refractivity contribution is 6.74. The summed E-state index contributed by atoms with van der Waals surface area (Å²) in [6.07, 6.45) is 1.47. The SMILES string of the molecule is COC(=O)[C@@H](NC(C)=O)[C@H](O[Si](C)(C)C(C)(C)C)c1cn(C(C)(C)[C@@H]2CO2)c2ccccc12. The summed E-state index contributed by atoms with van der Waals surface area (Å²) in [6.45, 7) is 17.2. The maximum Gasteiger partial charge on any atom is 0.331 e. The first-order chi connectivity index (χ1) is 15.2. The van der Waals surface area contributed by atoms with Gasteiger partial charge in [-0.3, -0.25) is 4.79 Å². The molecule has 1 aliphatic rings. The Hall–Kier alpha value is -2.16. The number of rotatable bonds is 8. The van der Waals surface area contributed by atoms with Crippen LogP contribution >= 0.6 is 0 Å². The lowest BCUT2D eigenvalue weighted by atomic mass is 10.0. The van der Waals surface area contributed by atoms with E-state index >= 15 is 0 Å². The molecular weight excluding hydrogens is 436 g/mol.